The van der Waals surface area contributed by atoms with E-state index in [0.717, 1.165) is 19.3 Å². The summed E-state index contributed by atoms with van der Waals surface area (Å²) in [5.74, 6) is -0.0958. The Labute approximate surface area is 109 Å². The van der Waals surface area contributed by atoms with Crippen molar-refractivity contribution in [3.05, 3.63) is 0 Å². The molecule has 0 aromatic rings. The molecule has 1 fully saturated rings. The molecule has 1 saturated carbocycles. The Balaban J connectivity index is 2.87. The maximum atomic E-state index is 12.0. The van der Waals surface area contributed by atoms with Crippen molar-refractivity contribution in [3.63, 3.8) is 0 Å². The molecule has 0 bridgehead atoms. The molecule has 0 aliphatic heterocycles. The van der Waals surface area contributed by atoms with E-state index < -0.39 is 21.3 Å². The van der Waals surface area contributed by atoms with E-state index in [4.69, 9.17) is 11.1 Å². The highest BCUT2D eigenvalue weighted by molar-refractivity contribution is 7.87. The standard InChI is InChI=1S/C11H24N4O2S/c1-10(2,3)14-18(16,17)15-11(9(12)13)7-5-4-6-8-11/h14-15H,4-8H2,1-3H3,(H3,12,13). The van der Waals surface area contributed by atoms with E-state index in [2.05, 4.69) is 9.44 Å². The molecule has 0 radical (unpaired) electrons. The van der Waals surface area contributed by atoms with Crippen LogP contribution in [0.25, 0.3) is 0 Å². The minimum atomic E-state index is -3.66. The van der Waals surface area contributed by atoms with E-state index in [1.165, 1.54) is 0 Å². The molecule has 0 heterocycles. The molecule has 7 heteroatoms. The minimum absolute atomic E-state index is 0.0958. The smallest absolute Gasteiger partial charge is 0.278 e. The average Bonchev–Trinajstić information content (AvgIpc) is 2.13. The summed E-state index contributed by atoms with van der Waals surface area (Å²) in [6.45, 7) is 5.31. The molecule has 0 spiro atoms. The van der Waals surface area contributed by atoms with Gasteiger partial charge in [0.1, 0.15) is 5.84 Å². The van der Waals surface area contributed by atoms with Crippen LogP contribution in [0.3, 0.4) is 0 Å². The molecule has 5 N–H and O–H groups in total. The highest BCUT2D eigenvalue weighted by atomic mass is 32.2. The summed E-state index contributed by atoms with van der Waals surface area (Å²) >= 11 is 0. The van der Waals surface area contributed by atoms with Crippen molar-refractivity contribution >= 4 is 16.0 Å². The second kappa shape index (κ2) is 5.14. The Bertz CT molecular complexity index is 405. The molecule has 0 amide bonds. The maximum Gasteiger partial charge on any atom is 0.278 e. The fourth-order valence-corrected chi connectivity index (χ4v) is 3.95. The normalized spacial score (nSPS) is 20.6. The molecule has 106 valence electrons. The SMILES string of the molecule is CC(C)(C)NS(=O)(=O)NC1(C(=N)N)CCCCC1. The van der Waals surface area contributed by atoms with Crippen molar-refractivity contribution in [2.24, 2.45) is 5.73 Å². The zero-order chi connectivity index (χ0) is 14.0. The monoisotopic (exact) mass is 276 g/mol. The van der Waals surface area contributed by atoms with Crippen LogP contribution in [0.4, 0.5) is 0 Å². The van der Waals surface area contributed by atoms with Crippen molar-refractivity contribution in [3.8, 4) is 0 Å². The number of nitrogens with one attached hydrogen (secondary N) is 3. The van der Waals surface area contributed by atoms with Gasteiger partial charge in [-0.15, -0.1) is 0 Å². The largest absolute Gasteiger partial charge is 0.386 e. The van der Waals surface area contributed by atoms with Gasteiger partial charge in [-0.05, 0) is 33.6 Å². The van der Waals surface area contributed by atoms with Crippen LogP contribution in [0, 0.1) is 5.41 Å². The van der Waals surface area contributed by atoms with Crippen LogP contribution in [0.5, 0.6) is 0 Å². The zero-order valence-electron chi connectivity index (χ0n) is 11.3. The van der Waals surface area contributed by atoms with E-state index >= 15 is 0 Å². The van der Waals surface area contributed by atoms with Crippen molar-refractivity contribution in [1.29, 1.82) is 5.41 Å². The van der Waals surface area contributed by atoms with Crippen molar-refractivity contribution in [1.82, 2.24) is 9.44 Å². The van der Waals surface area contributed by atoms with Gasteiger partial charge in [0.15, 0.2) is 0 Å². The average molecular weight is 276 g/mol. The maximum absolute atomic E-state index is 12.0. The highest BCUT2D eigenvalue weighted by Crippen LogP contribution is 2.28. The third kappa shape index (κ3) is 4.22. The molecule has 1 aliphatic rings. The van der Waals surface area contributed by atoms with Crippen LogP contribution in [-0.2, 0) is 10.2 Å². The first-order chi connectivity index (χ1) is 8.06. The summed E-state index contributed by atoms with van der Waals surface area (Å²) in [6, 6.07) is 0. The molecule has 6 nitrogen and oxygen atoms in total. The van der Waals surface area contributed by atoms with Gasteiger partial charge in [-0.2, -0.15) is 17.9 Å². The van der Waals surface area contributed by atoms with Crippen LogP contribution < -0.4 is 15.2 Å². The summed E-state index contributed by atoms with van der Waals surface area (Å²) in [4.78, 5) is 0. The first-order valence-electron chi connectivity index (χ1n) is 6.24. The summed E-state index contributed by atoms with van der Waals surface area (Å²) in [6.07, 6.45) is 4.01. The van der Waals surface area contributed by atoms with Crippen molar-refractivity contribution in [2.45, 2.75) is 64.0 Å². The van der Waals surface area contributed by atoms with E-state index in [1.54, 1.807) is 20.8 Å². The first kappa shape index (κ1) is 15.4. The third-order valence-electron chi connectivity index (χ3n) is 2.99. The molecule has 0 aromatic carbocycles. The molecule has 0 unspecified atom stereocenters. The zero-order valence-corrected chi connectivity index (χ0v) is 12.2. The number of amidine groups is 1. The number of hydrogen-bond donors (Lipinski definition) is 4. The first-order valence-corrected chi connectivity index (χ1v) is 7.72. The summed E-state index contributed by atoms with van der Waals surface area (Å²) in [5, 5.41) is 7.67. The summed E-state index contributed by atoms with van der Waals surface area (Å²) in [5.41, 5.74) is 4.14. The second-order valence-electron chi connectivity index (χ2n) is 6.01. The minimum Gasteiger partial charge on any atom is -0.386 e. The molecule has 1 rings (SSSR count). The molecular formula is C11H24N4O2S. The van der Waals surface area contributed by atoms with Crippen LogP contribution in [-0.4, -0.2) is 25.3 Å². The molecule has 0 aromatic heterocycles. The Morgan fingerprint density at radius 1 is 1.22 bits per heavy atom. The fraction of sp³-hybridized carbons (Fsp3) is 0.909. The van der Waals surface area contributed by atoms with Crippen LogP contribution >= 0.6 is 0 Å². The molecule has 18 heavy (non-hydrogen) atoms. The molecule has 0 saturated heterocycles. The number of rotatable bonds is 4. The van der Waals surface area contributed by atoms with E-state index in [9.17, 15) is 8.42 Å². The van der Waals surface area contributed by atoms with Gasteiger partial charge in [-0.25, -0.2) is 0 Å². The van der Waals surface area contributed by atoms with Gasteiger partial charge in [-0.3, -0.25) is 5.41 Å². The van der Waals surface area contributed by atoms with E-state index in [1.807, 2.05) is 0 Å². The lowest BCUT2D eigenvalue weighted by Gasteiger charge is -2.37. The quantitative estimate of drug-likeness (QED) is 0.451. The predicted molar refractivity (Wildman–Crippen MR) is 72.7 cm³/mol. The Morgan fingerprint density at radius 3 is 2.11 bits per heavy atom. The van der Waals surface area contributed by atoms with Gasteiger partial charge < -0.3 is 5.73 Å². The third-order valence-corrected chi connectivity index (χ3v) is 4.53. The van der Waals surface area contributed by atoms with E-state index in [-0.39, 0.29) is 5.84 Å². The summed E-state index contributed by atoms with van der Waals surface area (Å²) in [7, 11) is -3.66. The lowest BCUT2D eigenvalue weighted by molar-refractivity contribution is 0.343. The lowest BCUT2D eigenvalue weighted by atomic mass is 9.82. The highest BCUT2D eigenvalue weighted by Gasteiger charge is 2.39. The molecular weight excluding hydrogens is 252 g/mol. The van der Waals surface area contributed by atoms with Crippen LogP contribution in [0.1, 0.15) is 52.9 Å². The van der Waals surface area contributed by atoms with Crippen molar-refractivity contribution < 1.29 is 8.42 Å². The summed E-state index contributed by atoms with van der Waals surface area (Å²) < 4.78 is 29.2. The predicted octanol–water partition coefficient (Wildman–Crippen LogP) is 0.848. The number of hydrogen-bond acceptors (Lipinski definition) is 3. The van der Waals surface area contributed by atoms with Gasteiger partial charge in [-0.1, -0.05) is 19.3 Å². The van der Waals surface area contributed by atoms with Gasteiger partial charge in [0.2, 0.25) is 0 Å². The Hall–Kier alpha value is -0.660. The Morgan fingerprint density at radius 2 is 1.72 bits per heavy atom. The van der Waals surface area contributed by atoms with Gasteiger partial charge in [0.05, 0.1) is 5.54 Å². The van der Waals surface area contributed by atoms with E-state index in [0.29, 0.717) is 12.8 Å². The second-order valence-corrected chi connectivity index (χ2v) is 7.43. The van der Waals surface area contributed by atoms with Gasteiger partial charge in [0.25, 0.3) is 10.2 Å². The van der Waals surface area contributed by atoms with Gasteiger partial charge >= 0.3 is 0 Å². The van der Waals surface area contributed by atoms with Crippen molar-refractivity contribution in [2.75, 3.05) is 0 Å². The van der Waals surface area contributed by atoms with Crippen LogP contribution in [0.15, 0.2) is 0 Å². The molecule has 0 atom stereocenters. The lowest BCUT2D eigenvalue weighted by Crippen LogP contribution is -2.61. The fourth-order valence-electron chi connectivity index (χ4n) is 2.27. The Kier molecular flexibility index (Phi) is 4.40. The number of nitrogens with two attached hydrogens (primary N) is 1. The van der Waals surface area contributed by atoms with Crippen LogP contribution in [0.2, 0.25) is 0 Å². The van der Waals surface area contributed by atoms with Gasteiger partial charge in [0, 0.05) is 5.54 Å². The molecule has 1 aliphatic carbocycles. The topological polar surface area (TPSA) is 108 Å².